The lowest BCUT2D eigenvalue weighted by Gasteiger charge is -2.17. The molecule has 1 N–H and O–H groups in total. The summed E-state index contributed by atoms with van der Waals surface area (Å²) in [5.74, 6) is 0.513. The Hall–Kier alpha value is -2.51. The van der Waals surface area contributed by atoms with Crippen molar-refractivity contribution in [2.24, 2.45) is 0 Å². The fourth-order valence-electron chi connectivity index (χ4n) is 2.30. The monoisotopic (exact) mass is 332 g/mol. The van der Waals surface area contributed by atoms with Crippen LogP contribution in [0, 0.1) is 10.1 Å². The normalized spacial score (nSPS) is 14.2. The van der Waals surface area contributed by atoms with Gasteiger partial charge in [-0.15, -0.1) is 0 Å². The van der Waals surface area contributed by atoms with E-state index in [2.05, 4.69) is 15.3 Å². The summed E-state index contributed by atoms with van der Waals surface area (Å²) in [5, 5.41) is 14.1. The number of nitro groups is 1. The summed E-state index contributed by atoms with van der Waals surface area (Å²) in [6, 6.07) is 6.21. The number of anilines is 2. The van der Waals surface area contributed by atoms with Crippen LogP contribution in [-0.4, -0.2) is 28.1 Å². The predicted molar refractivity (Wildman–Crippen MR) is 86.8 cm³/mol. The van der Waals surface area contributed by atoms with Gasteiger partial charge in [-0.1, -0.05) is 12.1 Å². The van der Waals surface area contributed by atoms with Gasteiger partial charge in [-0.25, -0.2) is 4.98 Å². The molecule has 1 aromatic carbocycles. The maximum absolute atomic E-state index is 10.9. The molecule has 8 heteroatoms. The molecule has 0 saturated heterocycles. The average molecular weight is 333 g/mol. The average Bonchev–Trinajstić information content (AvgIpc) is 2.56. The number of hydrogen-bond donors (Lipinski definition) is 1. The highest BCUT2D eigenvalue weighted by Crippen LogP contribution is 2.30. The number of ether oxygens (including phenoxy) is 1. The Morgan fingerprint density at radius 1 is 1.39 bits per heavy atom. The minimum atomic E-state index is -0.444. The summed E-state index contributed by atoms with van der Waals surface area (Å²) in [7, 11) is 0. The fourth-order valence-corrected chi connectivity index (χ4v) is 2.43. The topological polar surface area (TPSA) is 90.2 Å². The Balaban J connectivity index is 1.96. The van der Waals surface area contributed by atoms with Crippen LogP contribution in [0.15, 0.2) is 36.5 Å². The van der Waals surface area contributed by atoms with Gasteiger partial charge in [0.15, 0.2) is 0 Å². The molecule has 23 heavy (non-hydrogen) atoms. The van der Waals surface area contributed by atoms with Gasteiger partial charge in [0.2, 0.25) is 5.28 Å². The zero-order valence-electron chi connectivity index (χ0n) is 12.0. The first kappa shape index (κ1) is 15.4. The van der Waals surface area contributed by atoms with Crippen LogP contribution in [0.1, 0.15) is 12.0 Å². The lowest BCUT2D eigenvalue weighted by Crippen LogP contribution is -2.07. The number of nitrogens with one attached hydrogen (secondary N) is 1. The van der Waals surface area contributed by atoms with Gasteiger partial charge in [-0.05, 0) is 29.7 Å². The van der Waals surface area contributed by atoms with Crippen molar-refractivity contribution >= 4 is 34.4 Å². The summed E-state index contributed by atoms with van der Waals surface area (Å²) >= 11 is 5.89. The molecule has 1 aliphatic rings. The summed E-state index contributed by atoms with van der Waals surface area (Å²) in [6.07, 6.45) is 4.36. The lowest BCUT2D eigenvalue weighted by atomic mass is 10.0. The van der Waals surface area contributed by atoms with Crippen molar-refractivity contribution in [3.05, 3.63) is 57.5 Å². The fraction of sp³-hybridized carbons (Fsp3) is 0.200. The second kappa shape index (κ2) is 6.72. The van der Waals surface area contributed by atoms with E-state index in [0.717, 1.165) is 17.6 Å². The first-order chi connectivity index (χ1) is 11.1. The van der Waals surface area contributed by atoms with Gasteiger partial charge in [-0.3, -0.25) is 10.1 Å². The molecule has 0 unspecified atom stereocenters. The molecule has 7 nitrogen and oxygen atoms in total. The van der Waals surface area contributed by atoms with Crippen molar-refractivity contribution in [3.63, 3.8) is 0 Å². The van der Waals surface area contributed by atoms with Crippen molar-refractivity contribution in [2.45, 2.75) is 6.42 Å². The first-order valence-corrected chi connectivity index (χ1v) is 7.32. The van der Waals surface area contributed by atoms with Crippen molar-refractivity contribution in [3.8, 4) is 0 Å². The van der Waals surface area contributed by atoms with E-state index in [-0.39, 0.29) is 11.0 Å². The summed E-state index contributed by atoms with van der Waals surface area (Å²) in [4.78, 5) is 18.7. The molecule has 0 aliphatic carbocycles. The highest BCUT2D eigenvalue weighted by atomic mass is 35.5. The van der Waals surface area contributed by atoms with Crippen molar-refractivity contribution in [1.29, 1.82) is 0 Å². The van der Waals surface area contributed by atoms with Gasteiger partial charge in [0.25, 0.3) is 5.69 Å². The lowest BCUT2D eigenvalue weighted by molar-refractivity contribution is -0.384. The SMILES string of the molecule is O=[N+]([O-])c1cccc(Nc2nc(Cl)ncc2C2=CCOCC2)c1. The highest BCUT2D eigenvalue weighted by Gasteiger charge is 2.15. The van der Waals surface area contributed by atoms with Gasteiger partial charge in [0.1, 0.15) is 5.82 Å². The molecule has 0 fully saturated rings. The smallest absolute Gasteiger partial charge is 0.271 e. The molecule has 0 amide bonds. The van der Waals surface area contributed by atoms with E-state index >= 15 is 0 Å². The Morgan fingerprint density at radius 3 is 3.00 bits per heavy atom. The molecule has 1 aromatic heterocycles. The van der Waals surface area contributed by atoms with E-state index in [1.54, 1.807) is 18.3 Å². The Bertz CT molecular complexity index is 779. The van der Waals surface area contributed by atoms with Crippen LogP contribution < -0.4 is 5.32 Å². The van der Waals surface area contributed by atoms with E-state index in [4.69, 9.17) is 16.3 Å². The molecule has 118 valence electrons. The number of hydrogen-bond acceptors (Lipinski definition) is 6. The van der Waals surface area contributed by atoms with E-state index in [0.29, 0.717) is 24.7 Å². The standard InChI is InChI=1S/C15H13ClN4O3/c16-15-17-9-13(10-4-6-23-7-5-10)14(19-15)18-11-2-1-3-12(8-11)20(21)22/h1-4,8-9H,5-7H2,(H,17,18,19). The molecular formula is C15H13ClN4O3. The third kappa shape index (κ3) is 3.64. The molecule has 2 heterocycles. The van der Waals surface area contributed by atoms with Gasteiger partial charge >= 0.3 is 0 Å². The van der Waals surface area contributed by atoms with Crippen LogP contribution in [0.4, 0.5) is 17.2 Å². The second-order valence-corrected chi connectivity index (χ2v) is 5.23. The molecular weight excluding hydrogens is 320 g/mol. The third-order valence-electron chi connectivity index (χ3n) is 3.39. The predicted octanol–water partition coefficient (Wildman–Crippen LogP) is 3.59. The van der Waals surface area contributed by atoms with Gasteiger partial charge in [0.05, 0.1) is 18.1 Å². The molecule has 1 aliphatic heterocycles. The number of non-ortho nitro benzene ring substituents is 1. The number of aromatic nitrogens is 2. The van der Waals surface area contributed by atoms with E-state index < -0.39 is 4.92 Å². The van der Waals surface area contributed by atoms with Crippen molar-refractivity contribution in [2.75, 3.05) is 18.5 Å². The van der Waals surface area contributed by atoms with E-state index in [9.17, 15) is 10.1 Å². The van der Waals surface area contributed by atoms with Crippen LogP contribution in [0.25, 0.3) is 5.57 Å². The Kier molecular flexibility index (Phi) is 4.50. The maximum atomic E-state index is 10.9. The molecule has 0 atom stereocenters. The van der Waals surface area contributed by atoms with Gasteiger partial charge < -0.3 is 10.1 Å². The molecule has 0 spiro atoms. The van der Waals surface area contributed by atoms with Crippen LogP contribution in [0.2, 0.25) is 5.28 Å². The number of rotatable bonds is 4. The zero-order valence-corrected chi connectivity index (χ0v) is 12.8. The molecule has 3 rings (SSSR count). The Labute approximate surface area is 137 Å². The Morgan fingerprint density at radius 2 is 2.26 bits per heavy atom. The minimum Gasteiger partial charge on any atom is -0.377 e. The number of nitro benzene ring substituents is 1. The quantitative estimate of drug-likeness (QED) is 0.522. The van der Waals surface area contributed by atoms with Crippen LogP contribution in [0.3, 0.4) is 0 Å². The first-order valence-electron chi connectivity index (χ1n) is 6.94. The third-order valence-corrected chi connectivity index (χ3v) is 3.57. The van der Waals surface area contributed by atoms with E-state index in [1.807, 2.05) is 6.08 Å². The largest absolute Gasteiger partial charge is 0.377 e. The zero-order chi connectivity index (χ0) is 16.2. The molecule has 0 saturated carbocycles. The van der Waals surface area contributed by atoms with Crippen LogP contribution in [-0.2, 0) is 4.74 Å². The number of halogens is 1. The molecule has 0 radical (unpaired) electrons. The van der Waals surface area contributed by atoms with Crippen LogP contribution >= 0.6 is 11.6 Å². The second-order valence-electron chi connectivity index (χ2n) is 4.89. The summed E-state index contributed by atoms with van der Waals surface area (Å²) < 4.78 is 5.31. The highest BCUT2D eigenvalue weighted by molar-refractivity contribution is 6.28. The molecule has 0 bridgehead atoms. The molecule has 2 aromatic rings. The van der Waals surface area contributed by atoms with Gasteiger partial charge in [0, 0.05) is 29.6 Å². The summed E-state index contributed by atoms with van der Waals surface area (Å²) in [6.45, 7) is 1.17. The number of nitrogens with zero attached hydrogens (tertiary/aromatic N) is 3. The van der Waals surface area contributed by atoms with E-state index in [1.165, 1.54) is 12.1 Å². The number of benzene rings is 1. The van der Waals surface area contributed by atoms with Gasteiger partial charge in [-0.2, -0.15) is 4.98 Å². The summed E-state index contributed by atoms with van der Waals surface area (Å²) in [5.41, 5.74) is 2.43. The van der Waals surface area contributed by atoms with Crippen molar-refractivity contribution < 1.29 is 9.66 Å². The van der Waals surface area contributed by atoms with Crippen molar-refractivity contribution in [1.82, 2.24) is 9.97 Å². The van der Waals surface area contributed by atoms with Crippen LogP contribution in [0.5, 0.6) is 0 Å². The minimum absolute atomic E-state index is 0.00184. The maximum Gasteiger partial charge on any atom is 0.271 e.